The molecule has 96 valence electrons. The maximum Gasteiger partial charge on any atom is 0.182 e. The van der Waals surface area contributed by atoms with Gasteiger partial charge < -0.3 is 11.5 Å². The van der Waals surface area contributed by atoms with Crippen molar-refractivity contribution in [3.63, 3.8) is 0 Å². The fourth-order valence-corrected chi connectivity index (χ4v) is 3.63. The molecule has 0 unspecified atom stereocenters. The quantitative estimate of drug-likeness (QED) is 0.757. The lowest BCUT2D eigenvalue weighted by Gasteiger charge is -1.96. The first-order valence-electron chi connectivity index (χ1n) is 5.70. The SMILES string of the molecule is Cc1sc(-c2sc(N)nc2N)nc1-c1ccccc1. The molecule has 0 amide bonds. The zero-order chi connectivity index (χ0) is 13.4. The van der Waals surface area contributed by atoms with Gasteiger partial charge in [0.25, 0.3) is 0 Å². The highest BCUT2D eigenvalue weighted by Gasteiger charge is 2.16. The van der Waals surface area contributed by atoms with E-state index >= 15 is 0 Å². The molecule has 0 fully saturated rings. The number of anilines is 2. The second-order valence-electron chi connectivity index (χ2n) is 4.06. The molecule has 3 aromatic rings. The molecule has 0 aliphatic heterocycles. The molecule has 2 heterocycles. The summed E-state index contributed by atoms with van der Waals surface area (Å²) in [5.74, 6) is 0.455. The van der Waals surface area contributed by atoms with Gasteiger partial charge in [-0.2, -0.15) is 0 Å². The minimum atomic E-state index is 0.455. The standard InChI is InChI=1S/C13H12N4S2/c1-7-9(8-5-3-2-4-6-8)16-12(18-7)10-11(14)17-13(15)19-10/h2-6H,14H2,1H3,(H2,15,17). The monoisotopic (exact) mass is 288 g/mol. The first-order chi connectivity index (χ1) is 9.15. The number of nitrogens with two attached hydrogens (primary N) is 2. The van der Waals surface area contributed by atoms with Gasteiger partial charge in [0.05, 0.1) is 5.69 Å². The van der Waals surface area contributed by atoms with Crippen molar-refractivity contribution >= 4 is 33.6 Å². The van der Waals surface area contributed by atoms with Crippen molar-refractivity contribution in [3.05, 3.63) is 35.2 Å². The maximum absolute atomic E-state index is 5.86. The highest BCUT2D eigenvalue weighted by Crippen LogP contribution is 2.39. The van der Waals surface area contributed by atoms with Crippen molar-refractivity contribution in [2.24, 2.45) is 0 Å². The zero-order valence-corrected chi connectivity index (χ0v) is 11.9. The van der Waals surface area contributed by atoms with Gasteiger partial charge >= 0.3 is 0 Å². The predicted molar refractivity (Wildman–Crippen MR) is 82.2 cm³/mol. The van der Waals surface area contributed by atoms with Crippen LogP contribution >= 0.6 is 22.7 Å². The first-order valence-corrected chi connectivity index (χ1v) is 7.33. The summed E-state index contributed by atoms with van der Waals surface area (Å²) in [5, 5.41) is 1.35. The Labute approximate surface area is 118 Å². The van der Waals surface area contributed by atoms with Gasteiger partial charge in [0.15, 0.2) is 5.13 Å². The van der Waals surface area contributed by atoms with Crippen LogP contribution in [0.15, 0.2) is 30.3 Å². The normalized spacial score (nSPS) is 10.8. The van der Waals surface area contributed by atoms with Crippen molar-refractivity contribution in [1.29, 1.82) is 0 Å². The van der Waals surface area contributed by atoms with Crippen molar-refractivity contribution in [2.45, 2.75) is 6.92 Å². The highest BCUT2D eigenvalue weighted by atomic mass is 32.1. The Morgan fingerprint density at radius 3 is 2.37 bits per heavy atom. The molecule has 4 N–H and O–H groups in total. The number of rotatable bonds is 2. The predicted octanol–water partition coefficient (Wildman–Crippen LogP) is 3.41. The number of hydrogen-bond donors (Lipinski definition) is 2. The molecule has 0 radical (unpaired) electrons. The summed E-state index contributed by atoms with van der Waals surface area (Å²) in [4.78, 5) is 10.7. The van der Waals surface area contributed by atoms with Crippen molar-refractivity contribution in [1.82, 2.24) is 9.97 Å². The maximum atomic E-state index is 5.86. The number of aromatic nitrogens is 2. The van der Waals surface area contributed by atoms with Gasteiger partial charge in [-0.05, 0) is 6.92 Å². The molecule has 19 heavy (non-hydrogen) atoms. The van der Waals surface area contributed by atoms with E-state index in [-0.39, 0.29) is 0 Å². The first kappa shape index (κ1) is 12.1. The van der Waals surface area contributed by atoms with Crippen LogP contribution in [0.5, 0.6) is 0 Å². The Kier molecular flexibility index (Phi) is 2.96. The highest BCUT2D eigenvalue weighted by molar-refractivity contribution is 7.24. The Morgan fingerprint density at radius 1 is 1.00 bits per heavy atom. The molecule has 3 rings (SSSR count). The van der Waals surface area contributed by atoms with E-state index in [0.717, 1.165) is 26.0 Å². The summed E-state index contributed by atoms with van der Waals surface area (Å²) in [6.45, 7) is 2.06. The van der Waals surface area contributed by atoms with E-state index in [1.54, 1.807) is 11.3 Å². The van der Waals surface area contributed by atoms with Crippen LogP contribution in [-0.4, -0.2) is 9.97 Å². The van der Waals surface area contributed by atoms with Crippen LogP contribution in [0.2, 0.25) is 0 Å². The lowest BCUT2D eigenvalue weighted by Crippen LogP contribution is -1.88. The fraction of sp³-hybridized carbons (Fsp3) is 0.0769. The van der Waals surface area contributed by atoms with E-state index in [1.165, 1.54) is 11.3 Å². The number of thiazole rings is 2. The van der Waals surface area contributed by atoms with Crippen LogP contribution in [0, 0.1) is 6.92 Å². The molecule has 0 bridgehead atoms. The van der Waals surface area contributed by atoms with E-state index in [0.29, 0.717) is 10.9 Å². The van der Waals surface area contributed by atoms with E-state index in [2.05, 4.69) is 29.0 Å². The topological polar surface area (TPSA) is 77.8 Å². The minimum Gasteiger partial charge on any atom is -0.382 e. The third-order valence-corrected chi connectivity index (χ3v) is 4.73. The van der Waals surface area contributed by atoms with Gasteiger partial charge in [-0.25, -0.2) is 9.97 Å². The number of nitrogens with zero attached hydrogens (tertiary/aromatic N) is 2. The summed E-state index contributed by atoms with van der Waals surface area (Å²) in [6, 6.07) is 10.1. The zero-order valence-electron chi connectivity index (χ0n) is 10.3. The Morgan fingerprint density at radius 2 is 1.74 bits per heavy atom. The summed E-state index contributed by atoms with van der Waals surface area (Å²) < 4.78 is 0. The van der Waals surface area contributed by atoms with E-state index in [4.69, 9.17) is 11.5 Å². The minimum absolute atomic E-state index is 0.455. The Balaban J connectivity index is 2.10. The number of hydrogen-bond acceptors (Lipinski definition) is 6. The molecule has 2 aromatic heterocycles. The van der Waals surface area contributed by atoms with Gasteiger partial charge in [-0.3, -0.25) is 0 Å². The molecule has 6 heteroatoms. The third-order valence-electron chi connectivity index (χ3n) is 2.71. The van der Waals surface area contributed by atoms with Gasteiger partial charge in [0.2, 0.25) is 0 Å². The number of nitrogen functional groups attached to an aromatic ring is 2. The number of benzene rings is 1. The van der Waals surface area contributed by atoms with E-state index in [9.17, 15) is 0 Å². The average molecular weight is 288 g/mol. The van der Waals surface area contributed by atoms with Gasteiger partial charge in [-0.15, -0.1) is 11.3 Å². The van der Waals surface area contributed by atoms with Crippen molar-refractivity contribution < 1.29 is 0 Å². The molecule has 0 saturated heterocycles. The molecule has 0 spiro atoms. The van der Waals surface area contributed by atoms with Crippen molar-refractivity contribution in [2.75, 3.05) is 11.5 Å². The van der Waals surface area contributed by atoms with Gasteiger partial charge in [0, 0.05) is 10.4 Å². The molecule has 0 aliphatic rings. The second kappa shape index (κ2) is 4.64. The molecule has 0 saturated carbocycles. The lowest BCUT2D eigenvalue weighted by molar-refractivity contribution is 1.37. The molecule has 4 nitrogen and oxygen atoms in total. The summed E-state index contributed by atoms with van der Waals surface area (Å²) in [7, 11) is 0. The Bertz CT molecular complexity index is 716. The fourth-order valence-electron chi connectivity index (χ4n) is 1.86. The summed E-state index contributed by atoms with van der Waals surface area (Å²) in [6.07, 6.45) is 0. The molecule has 0 atom stereocenters. The van der Waals surface area contributed by atoms with Crippen LogP contribution in [0.1, 0.15) is 4.88 Å². The largest absolute Gasteiger partial charge is 0.382 e. The average Bonchev–Trinajstić information content (AvgIpc) is 2.93. The lowest BCUT2D eigenvalue weighted by atomic mass is 10.1. The Hall–Kier alpha value is -1.92. The number of aryl methyl sites for hydroxylation is 1. The van der Waals surface area contributed by atoms with Crippen LogP contribution in [-0.2, 0) is 0 Å². The van der Waals surface area contributed by atoms with E-state index < -0.39 is 0 Å². The van der Waals surface area contributed by atoms with Crippen LogP contribution < -0.4 is 11.5 Å². The van der Waals surface area contributed by atoms with Gasteiger partial charge in [0.1, 0.15) is 15.7 Å². The third kappa shape index (κ3) is 2.20. The molecule has 0 aliphatic carbocycles. The van der Waals surface area contributed by atoms with Gasteiger partial charge in [-0.1, -0.05) is 41.7 Å². The molecular formula is C13H12N4S2. The van der Waals surface area contributed by atoms with Crippen LogP contribution in [0.3, 0.4) is 0 Å². The van der Waals surface area contributed by atoms with Crippen molar-refractivity contribution in [3.8, 4) is 21.1 Å². The summed E-state index contributed by atoms with van der Waals surface area (Å²) in [5.41, 5.74) is 13.6. The second-order valence-corrected chi connectivity index (χ2v) is 6.29. The van der Waals surface area contributed by atoms with Crippen LogP contribution in [0.4, 0.5) is 10.9 Å². The molecule has 1 aromatic carbocycles. The summed E-state index contributed by atoms with van der Waals surface area (Å²) >= 11 is 2.99. The smallest absolute Gasteiger partial charge is 0.182 e. The van der Waals surface area contributed by atoms with E-state index in [1.807, 2.05) is 18.2 Å². The molecular weight excluding hydrogens is 276 g/mol. The van der Waals surface area contributed by atoms with Crippen LogP contribution in [0.25, 0.3) is 21.1 Å².